The van der Waals surface area contributed by atoms with Gasteiger partial charge in [-0.05, 0) is 31.2 Å². The lowest BCUT2D eigenvalue weighted by molar-refractivity contribution is 0.306. The van der Waals surface area contributed by atoms with Crippen molar-refractivity contribution >= 4 is 22.2 Å². The standard InChI is InChI=1S/C19H18FN3OS/c1-12-18(22-19(21)25-12)13-6-7-17-16(10-13)23(8-9-24-17)11-14-4-2-3-5-15(14)20/h2-7,10H,8-9,11H2,1H3,(H2,21,22). The molecule has 25 heavy (non-hydrogen) atoms. The Morgan fingerprint density at radius 2 is 2.12 bits per heavy atom. The summed E-state index contributed by atoms with van der Waals surface area (Å²) >= 11 is 1.48. The quantitative estimate of drug-likeness (QED) is 0.763. The Hall–Kier alpha value is -2.60. The molecule has 2 N–H and O–H groups in total. The van der Waals surface area contributed by atoms with Gasteiger partial charge in [0.2, 0.25) is 0 Å². The predicted octanol–water partition coefficient (Wildman–Crippen LogP) is 4.24. The number of halogens is 1. The maximum Gasteiger partial charge on any atom is 0.180 e. The highest BCUT2D eigenvalue weighted by Crippen LogP contribution is 2.38. The normalized spacial score (nSPS) is 13.4. The van der Waals surface area contributed by atoms with Gasteiger partial charge in [0.1, 0.15) is 18.2 Å². The Kier molecular flexibility index (Phi) is 4.05. The first-order valence-corrected chi connectivity index (χ1v) is 8.92. The fourth-order valence-electron chi connectivity index (χ4n) is 3.10. The highest BCUT2D eigenvalue weighted by Gasteiger charge is 2.21. The van der Waals surface area contributed by atoms with Crippen molar-refractivity contribution in [3.8, 4) is 17.0 Å². The molecule has 0 spiro atoms. The Labute approximate surface area is 149 Å². The lowest BCUT2D eigenvalue weighted by Gasteiger charge is -2.31. The van der Waals surface area contributed by atoms with E-state index in [2.05, 4.69) is 16.0 Å². The number of nitrogens with two attached hydrogens (primary N) is 1. The molecule has 1 aromatic heterocycles. The van der Waals surface area contributed by atoms with E-state index in [1.54, 1.807) is 6.07 Å². The average molecular weight is 355 g/mol. The Balaban J connectivity index is 1.71. The van der Waals surface area contributed by atoms with Crippen LogP contribution in [0.5, 0.6) is 5.75 Å². The van der Waals surface area contributed by atoms with Crippen molar-refractivity contribution in [2.45, 2.75) is 13.5 Å². The van der Waals surface area contributed by atoms with Crippen molar-refractivity contribution in [2.75, 3.05) is 23.8 Å². The molecule has 0 bridgehead atoms. The Morgan fingerprint density at radius 1 is 1.28 bits per heavy atom. The van der Waals surface area contributed by atoms with Crippen molar-refractivity contribution in [1.29, 1.82) is 0 Å². The lowest BCUT2D eigenvalue weighted by Crippen LogP contribution is -2.32. The molecule has 1 aliphatic heterocycles. The van der Waals surface area contributed by atoms with Gasteiger partial charge in [-0.3, -0.25) is 0 Å². The van der Waals surface area contributed by atoms with E-state index >= 15 is 0 Å². The molecule has 1 aliphatic rings. The molecular formula is C19H18FN3OS. The molecule has 2 heterocycles. The van der Waals surface area contributed by atoms with Crippen LogP contribution in [0, 0.1) is 12.7 Å². The SMILES string of the molecule is Cc1sc(N)nc1-c1ccc2c(c1)N(Cc1ccccc1F)CCO2. The zero-order chi connectivity index (χ0) is 17.4. The second-order valence-corrected chi connectivity index (χ2v) is 7.24. The maximum absolute atomic E-state index is 14.0. The van der Waals surface area contributed by atoms with Gasteiger partial charge in [-0.15, -0.1) is 11.3 Å². The second-order valence-electron chi connectivity index (χ2n) is 6.00. The zero-order valence-corrected chi connectivity index (χ0v) is 14.6. The van der Waals surface area contributed by atoms with E-state index in [1.165, 1.54) is 17.4 Å². The number of thiazole rings is 1. The molecule has 2 aromatic carbocycles. The van der Waals surface area contributed by atoms with Crippen LogP contribution in [-0.4, -0.2) is 18.1 Å². The Morgan fingerprint density at radius 3 is 2.88 bits per heavy atom. The van der Waals surface area contributed by atoms with E-state index in [0.717, 1.165) is 27.6 Å². The van der Waals surface area contributed by atoms with Crippen LogP contribution in [0.2, 0.25) is 0 Å². The topological polar surface area (TPSA) is 51.4 Å². The number of fused-ring (bicyclic) bond motifs is 1. The highest BCUT2D eigenvalue weighted by molar-refractivity contribution is 7.15. The molecule has 0 atom stereocenters. The van der Waals surface area contributed by atoms with Crippen molar-refractivity contribution in [2.24, 2.45) is 0 Å². The fraction of sp³-hybridized carbons (Fsp3) is 0.211. The number of nitrogen functional groups attached to an aromatic ring is 1. The third-order valence-electron chi connectivity index (χ3n) is 4.32. The van der Waals surface area contributed by atoms with Crippen LogP contribution in [-0.2, 0) is 6.54 Å². The maximum atomic E-state index is 14.0. The molecule has 6 heteroatoms. The first-order chi connectivity index (χ1) is 12.1. The number of aryl methyl sites for hydroxylation is 1. The van der Waals surface area contributed by atoms with Gasteiger partial charge in [0.25, 0.3) is 0 Å². The number of hydrogen-bond donors (Lipinski definition) is 1. The molecule has 0 amide bonds. The summed E-state index contributed by atoms with van der Waals surface area (Å²) in [5, 5.41) is 0.560. The van der Waals surface area contributed by atoms with Crippen molar-refractivity contribution < 1.29 is 9.13 Å². The lowest BCUT2D eigenvalue weighted by atomic mass is 10.1. The van der Waals surface area contributed by atoms with Gasteiger partial charge in [-0.2, -0.15) is 0 Å². The van der Waals surface area contributed by atoms with Gasteiger partial charge < -0.3 is 15.4 Å². The largest absolute Gasteiger partial charge is 0.490 e. The summed E-state index contributed by atoms with van der Waals surface area (Å²) < 4.78 is 19.8. The molecule has 0 unspecified atom stereocenters. The van der Waals surface area contributed by atoms with Crippen molar-refractivity contribution in [3.05, 3.63) is 58.7 Å². The molecule has 0 saturated heterocycles. The highest BCUT2D eigenvalue weighted by atomic mass is 32.1. The molecule has 128 valence electrons. The van der Waals surface area contributed by atoms with E-state index in [0.29, 0.717) is 30.4 Å². The molecule has 0 aliphatic carbocycles. The summed E-state index contributed by atoms with van der Waals surface area (Å²) in [6.45, 7) is 3.81. The minimum Gasteiger partial charge on any atom is -0.490 e. The van der Waals surface area contributed by atoms with Crippen LogP contribution in [0.15, 0.2) is 42.5 Å². The van der Waals surface area contributed by atoms with E-state index in [1.807, 2.05) is 31.2 Å². The number of nitrogens with zero attached hydrogens (tertiary/aromatic N) is 2. The number of rotatable bonds is 3. The number of anilines is 2. The zero-order valence-electron chi connectivity index (χ0n) is 13.8. The smallest absolute Gasteiger partial charge is 0.180 e. The molecule has 3 aromatic rings. The summed E-state index contributed by atoms with van der Waals surface area (Å²) in [5.74, 6) is 0.627. The monoisotopic (exact) mass is 355 g/mol. The van der Waals surface area contributed by atoms with E-state index in [9.17, 15) is 4.39 Å². The van der Waals surface area contributed by atoms with Gasteiger partial charge in [0.05, 0.1) is 17.9 Å². The van der Waals surface area contributed by atoms with Crippen LogP contribution >= 0.6 is 11.3 Å². The van der Waals surface area contributed by atoms with Crippen molar-refractivity contribution in [3.63, 3.8) is 0 Å². The van der Waals surface area contributed by atoms with Gasteiger partial charge in [-0.25, -0.2) is 9.37 Å². The summed E-state index contributed by atoms with van der Waals surface area (Å²) in [7, 11) is 0. The van der Waals surface area contributed by atoms with Crippen LogP contribution in [0.1, 0.15) is 10.4 Å². The van der Waals surface area contributed by atoms with Crippen LogP contribution in [0.3, 0.4) is 0 Å². The molecular weight excluding hydrogens is 337 g/mol. The third-order valence-corrected chi connectivity index (χ3v) is 5.12. The van der Waals surface area contributed by atoms with E-state index in [4.69, 9.17) is 10.5 Å². The fourth-order valence-corrected chi connectivity index (χ4v) is 3.81. The van der Waals surface area contributed by atoms with E-state index in [-0.39, 0.29) is 5.82 Å². The minimum absolute atomic E-state index is 0.185. The van der Waals surface area contributed by atoms with Gasteiger partial charge in [0.15, 0.2) is 5.13 Å². The number of benzene rings is 2. The first kappa shape index (κ1) is 15.9. The molecule has 0 saturated carbocycles. The van der Waals surface area contributed by atoms with Crippen molar-refractivity contribution in [1.82, 2.24) is 4.98 Å². The second kappa shape index (κ2) is 6.37. The summed E-state index contributed by atoms with van der Waals surface area (Å²) in [6, 6.07) is 12.9. The number of hydrogen-bond acceptors (Lipinski definition) is 5. The summed E-state index contributed by atoms with van der Waals surface area (Å²) in [5.41, 5.74) is 9.35. The van der Waals surface area contributed by atoms with Crippen LogP contribution in [0.4, 0.5) is 15.2 Å². The Bertz CT molecular complexity index is 925. The predicted molar refractivity (Wildman–Crippen MR) is 99.6 cm³/mol. The third kappa shape index (κ3) is 3.05. The number of aromatic nitrogens is 1. The average Bonchev–Trinajstić information content (AvgIpc) is 2.95. The molecule has 0 radical (unpaired) electrons. The minimum atomic E-state index is -0.185. The molecule has 4 nitrogen and oxygen atoms in total. The van der Waals surface area contributed by atoms with Gasteiger partial charge in [-0.1, -0.05) is 18.2 Å². The summed E-state index contributed by atoms with van der Waals surface area (Å²) in [6.07, 6.45) is 0. The molecule has 0 fully saturated rings. The number of ether oxygens (including phenoxy) is 1. The van der Waals surface area contributed by atoms with Gasteiger partial charge in [0, 0.05) is 22.5 Å². The van der Waals surface area contributed by atoms with E-state index < -0.39 is 0 Å². The van der Waals surface area contributed by atoms with Crippen LogP contribution in [0.25, 0.3) is 11.3 Å². The first-order valence-electron chi connectivity index (χ1n) is 8.10. The van der Waals surface area contributed by atoms with Gasteiger partial charge >= 0.3 is 0 Å². The van der Waals surface area contributed by atoms with Crippen LogP contribution < -0.4 is 15.4 Å². The summed E-state index contributed by atoms with van der Waals surface area (Å²) in [4.78, 5) is 7.65. The molecule has 4 rings (SSSR count).